The van der Waals surface area contributed by atoms with E-state index in [2.05, 4.69) is 13.8 Å². The highest BCUT2D eigenvalue weighted by Crippen LogP contribution is 2.32. The highest BCUT2D eigenvalue weighted by molar-refractivity contribution is 4.79. The smallest absolute Gasteiger partial charge is 0.157 e. The van der Waals surface area contributed by atoms with Gasteiger partial charge in [0.2, 0.25) is 0 Å². The van der Waals surface area contributed by atoms with E-state index in [1.54, 1.807) is 0 Å². The van der Waals surface area contributed by atoms with E-state index >= 15 is 0 Å². The largest absolute Gasteiger partial charge is 0.376 e. The molecule has 2 rings (SSSR count). The van der Waals surface area contributed by atoms with Gasteiger partial charge in [0.25, 0.3) is 0 Å². The Morgan fingerprint density at radius 1 is 1.06 bits per heavy atom. The van der Waals surface area contributed by atoms with Crippen LogP contribution in [0.4, 0.5) is 0 Å². The fraction of sp³-hybridized carbons (Fsp3) is 1.00. The van der Waals surface area contributed by atoms with Crippen molar-refractivity contribution in [3.63, 3.8) is 0 Å². The lowest BCUT2D eigenvalue weighted by molar-refractivity contribution is -0.184. The van der Waals surface area contributed by atoms with E-state index in [1.807, 2.05) is 0 Å². The molecule has 1 unspecified atom stereocenters. The quantitative estimate of drug-likeness (QED) is 0.743. The summed E-state index contributed by atoms with van der Waals surface area (Å²) in [7, 11) is 0. The highest BCUT2D eigenvalue weighted by Gasteiger charge is 2.29. The average Bonchev–Trinajstić information content (AvgIpc) is 2.27. The molecule has 0 aromatic rings. The lowest BCUT2D eigenvalue weighted by Crippen LogP contribution is -2.34. The van der Waals surface area contributed by atoms with E-state index in [4.69, 9.17) is 14.2 Å². The molecular formula is C13H24O3. The van der Waals surface area contributed by atoms with Crippen molar-refractivity contribution in [2.75, 3.05) is 19.8 Å². The van der Waals surface area contributed by atoms with E-state index < -0.39 is 0 Å². The first kappa shape index (κ1) is 12.3. The Balaban J connectivity index is 1.68. The van der Waals surface area contributed by atoms with Crippen molar-refractivity contribution in [1.82, 2.24) is 0 Å². The summed E-state index contributed by atoms with van der Waals surface area (Å²) < 4.78 is 16.9. The third-order valence-corrected chi connectivity index (χ3v) is 3.51. The van der Waals surface area contributed by atoms with Crippen LogP contribution in [0.2, 0.25) is 0 Å². The minimum absolute atomic E-state index is 0.0553. The molecule has 0 spiro atoms. The molecule has 2 saturated heterocycles. The molecule has 2 heterocycles. The van der Waals surface area contributed by atoms with Crippen molar-refractivity contribution in [1.29, 1.82) is 0 Å². The van der Waals surface area contributed by atoms with Gasteiger partial charge in [-0.25, -0.2) is 0 Å². The molecular weight excluding hydrogens is 204 g/mol. The first-order chi connectivity index (χ1) is 7.66. The Kier molecular flexibility index (Phi) is 4.22. The van der Waals surface area contributed by atoms with Crippen LogP contribution in [-0.4, -0.2) is 31.7 Å². The molecule has 0 aliphatic carbocycles. The van der Waals surface area contributed by atoms with E-state index in [9.17, 15) is 0 Å². The van der Waals surface area contributed by atoms with E-state index in [0.29, 0.717) is 0 Å². The Bertz CT molecular complexity index is 209. The topological polar surface area (TPSA) is 27.7 Å². The van der Waals surface area contributed by atoms with Crippen molar-refractivity contribution < 1.29 is 14.2 Å². The first-order valence-corrected chi connectivity index (χ1v) is 6.53. The average molecular weight is 228 g/mol. The monoisotopic (exact) mass is 228 g/mol. The second-order valence-corrected chi connectivity index (χ2v) is 5.57. The zero-order valence-electron chi connectivity index (χ0n) is 10.5. The van der Waals surface area contributed by atoms with E-state index in [-0.39, 0.29) is 11.9 Å². The molecule has 0 radical (unpaired) electrons. The van der Waals surface area contributed by atoms with Gasteiger partial charge < -0.3 is 14.2 Å². The molecule has 0 aromatic carbocycles. The normalized spacial score (nSPS) is 31.5. The van der Waals surface area contributed by atoms with Crippen LogP contribution < -0.4 is 0 Å². The predicted octanol–water partition coefficient (Wildman–Crippen LogP) is 2.73. The fourth-order valence-corrected chi connectivity index (χ4v) is 2.68. The summed E-state index contributed by atoms with van der Waals surface area (Å²) in [6.45, 7) is 7.01. The SMILES string of the molecule is CC1(C)CC(CCC2OCCCO2)CCO1. The number of rotatable bonds is 3. The molecule has 0 saturated carbocycles. The van der Waals surface area contributed by atoms with Crippen LogP contribution in [0.3, 0.4) is 0 Å². The van der Waals surface area contributed by atoms with Crippen LogP contribution in [0.25, 0.3) is 0 Å². The summed E-state index contributed by atoms with van der Waals surface area (Å²) >= 11 is 0. The lowest BCUT2D eigenvalue weighted by atomic mass is 9.85. The van der Waals surface area contributed by atoms with Gasteiger partial charge in [-0.15, -0.1) is 0 Å². The Labute approximate surface area is 98.4 Å². The van der Waals surface area contributed by atoms with Crippen molar-refractivity contribution in [2.45, 2.75) is 57.8 Å². The molecule has 3 heteroatoms. The van der Waals surface area contributed by atoms with Gasteiger partial charge in [0.15, 0.2) is 6.29 Å². The Morgan fingerprint density at radius 3 is 2.50 bits per heavy atom. The van der Waals surface area contributed by atoms with E-state index in [1.165, 1.54) is 19.3 Å². The molecule has 0 amide bonds. The third kappa shape index (κ3) is 3.72. The van der Waals surface area contributed by atoms with Gasteiger partial charge in [0.05, 0.1) is 18.8 Å². The number of ether oxygens (including phenoxy) is 3. The molecule has 0 N–H and O–H groups in total. The number of hydrogen-bond acceptors (Lipinski definition) is 3. The molecule has 2 aliphatic rings. The van der Waals surface area contributed by atoms with Gasteiger partial charge in [-0.05, 0) is 51.9 Å². The summed E-state index contributed by atoms with van der Waals surface area (Å²) in [6, 6.07) is 0. The first-order valence-electron chi connectivity index (χ1n) is 6.53. The Hall–Kier alpha value is -0.120. The van der Waals surface area contributed by atoms with Crippen molar-refractivity contribution in [3.8, 4) is 0 Å². The van der Waals surface area contributed by atoms with Crippen molar-refractivity contribution in [3.05, 3.63) is 0 Å². The van der Waals surface area contributed by atoms with Gasteiger partial charge in [-0.3, -0.25) is 0 Å². The van der Waals surface area contributed by atoms with Gasteiger partial charge in [-0.1, -0.05) is 0 Å². The van der Waals surface area contributed by atoms with Crippen LogP contribution >= 0.6 is 0 Å². The van der Waals surface area contributed by atoms with Gasteiger partial charge in [0.1, 0.15) is 0 Å². The Morgan fingerprint density at radius 2 is 1.81 bits per heavy atom. The molecule has 0 bridgehead atoms. The molecule has 1 atom stereocenters. The molecule has 16 heavy (non-hydrogen) atoms. The van der Waals surface area contributed by atoms with Crippen molar-refractivity contribution >= 4 is 0 Å². The fourth-order valence-electron chi connectivity index (χ4n) is 2.68. The zero-order chi connectivity index (χ0) is 11.4. The van der Waals surface area contributed by atoms with Gasteiger partial charge >= 0.3 is 0 Å². The maximum Gasteiger partial charge on any atom is 0.157 e. The van der Waals surface area contributed by atoms with Crippen molar-refractivity contribution in [2.24, 2.45) is 5.92 Å². The summed E-state index contributed by atoms with van der Waals surface area (Å²) in [5.74, 6) is 0.776. The van der Waals surface area contributed by atoms with Crippen LogP contribution in [0.5, 0.6) is 0 Å². The summed E-state index contributed by atoms with van der Waals surface area (Å²) in [6.07, 6.45) is 5.70. The summed E-state index contributed by atoms with van der Waals surface area (Å²) in [4.78, 5) is 0. The highest BCUT2D eigenvalue weighted by atomic mass is 16.7. The van der Waals surface area contributed by atoms with Crippen LogP contribution in [0.15, 0.2) is 0 Å². The summed E-state index contributed by atoms with van der Waals surface area (Å²) in [5, 5.41) is 0. The second kappa shape index (κ2) is 5.48. The summed E-state index contributed by atoms with van der Waals surface area (Å²) in [5.41, 5.74) is 0.0667. The molecule has 2 fully saturated rings. The molecule has 0 aromatic heterocycles. The van der Waals surface area contributed by atoms with Crippen LogP contribution in [0.1, 0.15) is 46.0 Å². The zero-order valence-corrected chi connectivity index (χ0v) is 10.5. The third-order valence-electron chi connectivity index (χ3n) is 3.51. The molecule has 2 aliphatic heterocycles. The maximum atomic E-state index is 5.72. The lowest BCUT2D eigenvalue weighted by Gasteiger charge is -2.36. The van der Waals surface area contributed by atoms with Gasteiger partial charge in [0, 0.05) is 6.61 Å². The van der Waals surface area contributed by atoms with Crippen LogP contribution in [0, 0.1) is 5.92 Å². The molecule has 94 valence electrons. The van der Waals surface area contributed by atoms with Crippen LogP contribution in [-0.2, 0) is 14.2 Å². The second-order valence-electron chi connectivity index (χ2n) is 5.57. The van der Waals surface area contributed by atoms with Gasteiger partial charge in [-0.2, -0.15) is 0 Å². The minimum Gasteiger partial charge on any atom is -0.376 e. The maximum absolute atomic E-state index is 5.72. The standard InChI is InChI=1S/C13H24O3/c1-13(2)10-11(6-9-16-13)4-5-12-14-7-3-8-15-12/h11-12H,3-10H2,1-2H3. The predicted molar refractivity (Wildman–Crippen MR) is 62.3 cm³/mol. The minimum atomic E-state index is 0.0553. The number of hydrogen-bond donors (Lipinski definition) is 0. The molecule has 3 nitrogen and oxygen atoms in total. The van der Waals surface area contributed by atoms with E-state index in [0.717, 1.165) is 38.6 Å².